The number of hydrogen-bond acceptors (Lipinski definition) is 8. The molecule has 8 nitrogen and oxygen atoms in total. The lowest BCUT2D eigenvalue weighted by molar-refractivity contribution is -0.195. The van der Waals surface area contributed by atoms with E-state index in [1.165, 1.54) is 20.8 Å². The zero-order valence-corrected chi connectivity index (χ0v) is 18.1. The largest absolute Gasteiger partial charge is 0.494 e. The summed E-state index contributed by atoms with van der Waals surface area (Å²) in [6, 6.07) is 7.79. The Morgan fingerprint density at radius 1 is 0.900 bits per heavy atom. The molecular weight excluding hydrogens is 390 g/mol. The van der Waals surface area contributed by atoms with E-state index in [4.69, 9.17) is 18.9 Å². The number of nitrogens with zero attached hydrogens (tertiary/aromatic N) is 1. The van der Waals surface area contributed by atoms with Gasteiger partial charge in [-0.25, -0.2) is 0 Å². The molecule has 0 saturated carbocycles. The van der Waals surface area contributed by atoms with Crippen LogP contribution in [0.15, 0.2) is 24.3 Å². The lowest BCUT2D eigenvalue weighted by Gasteiger charge is -2.41. The molecule has 0 amide bonds. The monoisotopic (exact) mass is 421 g/mol. The molecule has 8 heteroatoms. The van der Waals surface area contributed by atoms with Crippen molar-refractivity contribution in [2.45, 2.75) is 65.4 Å². The second-order valence-corrected chi connectivity index (χ2v) is 7.41. The van der Waals surface area contributed by atoms with Crippen molar-refractivity contribution in [1.82, 2.24) is 4.90 Å². The molecule has 30 heavy (non-hydrogen) atoms. The second-order valence-electron chi connectivity index (χ2n) is 7.41. The molecule has 1 aliphatic rings. The predicted molar refractivity (Wildman–Crippen MR) is 109 cm³/mol. The molecule has 1 aromatic carbocycles. The molecule has 1 aromatic rings. The normalized spacial score (nSPS) is 21.5. The predicted octanol–water partition coefficient (Wildman–Crippen LogP) is 2.48. The van der Waals surface area contributed by atoms with Gasteiger partial charge in [0.1, 0.15) is 5.75 Å². The van der Waals surface area contributed by atoms with Gasteiger partial charge in [-0.05, 0) is 24.1 Å². The summed E-state index contributed by atoms with van der Waals surface area (Å²) < 4.78 is 21.8. The van der Waals surface area contributed by atoms with E-state index in [1.54, 1.807) is 0 Å². The Balaban J connectivity index is 2.10. The van der Waals surface area contributed by atoms with E-state index in [2.05, 4.69) is 6.92 Å². The van der Waals surface area contributed by atoms with Crippen molar-refractivity contribution in [2.24, 2.45) is 0 Å². The Bertz CT molecular complexity index is 693. The van der Waals surface area contributed by atoms with Crippen LogP contribution >= 0.6 is 0 Å². The third-order valence-electron chi connectivity index (χ3n) is 4.64. The lowest BCUT2D eigenvalue weighted by Crippen LogP contribution is -2.58. The first kappa shape index (κ1) is 23.7. The maximum absolute atomic E-state index is 11.6. The Morgan fingerprint density at radius 2 is 1.43 bits per heavy atom. The average molecular weight is 421 g/mol. The first-order valence-corrected chi connectivity index (χ1v) is 10.2. The Labute approximate surface area is 177 Å². The van der Waals surface area contributed by atoms with Crippen LogP contribution in [0.25, 0.3) is 0 Å². The summed E-state index contributed by atoms with van der Waals surface area (Å²) >= 11 is 0. The molecular formula is C22H31NO7. The smallest absolute Gasteiger partial charge is 0.303 e. The van der Waals surface area contributed by atoms with Crippen LogP contribution in [-0.2, 0) is 35.1 Å². The molecule has 0 N–H and O–H groups in total. The lowest BCUT2D eigenvalue weighted by atomic mass is 10.00. The summed E-state index contributed by atoms with van der Waals surface area (Å²) in [5, 5.41) is 0. The Kier molecular flexibility index (Phi) is 9.11. The van der Waals surface area contributed by atoms with Gasteiger partial charge in [-0.1, -0.05) is 25.5 Å². The van der Waals surface area contributed by atoms with Gasteiger partial charge in [-0.3, -0.25) is 19.3 Å². The quantitative estimate of drug-likeness (QED) is 0.341. The molecule has 0 radical (unpaired) electrons. The van der Waals surface area contributed by atoms with Gasteiger partial charge < -0.3 is 18.9 Å². The molecule has 166 valence electrons. The van der Waals surface area contributed by atoms with E-state index >= 15 is 0 Å². The summed E-state index contributed by atoms with van der Waals surface area (Å²) in [5.74, 6) is -0.693. The van der Waals surface area contributed by atoms with Gasteiger partial charge in [0.15, 0.2) is 18.3 Å². The van der Waals surface area contributed by atoms with Crippen LogP contribution in [0.2, 0.25) is 0 Å². The fourth-order valence-corrected chi connectivity index (χ4v) is 3.42. The van der Waals surface area contributed by atoms with E-state index < -0.39 is 36.2 Å². The number of ether oxygens (including phenoxy) is 4. The fourth-order valence-electron chi connectivity index (χ4n) is 3.42. The van der Waals surface area contributed by atoms with Crippen LogP contribution in [0.5, 0.6) is 5.75 Å². The van der Waals surface area contributed by atoms with Crippen LogP contribution in [0.1, 0.15) is 46.1 Å². The number of hydrogen-bond donors (Lipinski definition) is 0. The van der Waals surface area contributed by atoms with E-state index in [1.807, 2.05) is 29.2 Å². The van der Waals surface area contributed by atoms with Gasteiger partial charge in [-0.2, -0.15) is 0 Å². The average Bonchev–Trinajstić information content (AvgIpc) is 2.65. The highest BCUT2D eigenvalue weighted by Gasteiger charge is 2.43. The zero-order chi connectivity index (χ0) is 22.1. The molecule has 0 bridgehead atoms. The molecule has 1 heterocycles. The molecule has 2 rings (SSSR count). The van der Waals surface area contributed by atoms with Crippen molar-refractivity contribution >= 4 is 17.9 Å². The van der Waals surface area contributed by atoms with Crippen LogP contribution < -0.4 is 4.74 Å². The maximum atomic E-state index is 11.6. The summed E-state index contributed by atoms with van der Waals surface area (Å²) in [5.41, 5.74) is 1.03. The Morgan fingerprint density at radius 3 is 1.90 bits per heavy atom. The fraction of sp³-hybridized carbons (Fsp3) is 0.591. The Hall–Kier alpha value is -2.61. The van der Waals surface area contributed by atoms with Crippen molar-refractivity contribution in [3.05, 3.63) is 29.8 Å². The number of unbranched alkanes of at least 4 members (excludes halogenated alkanes) is 1. The molecule has 1 fully saturated rings. The zero-order valence-electron chi connectivity index (χ0n) is 18.1. The summed E-state index contributed by atoms with van der Waals surface area (Å²) in [6.07, 6.45) is -0.231. The van der Waals surface area contributed by atoms with Crippen molar-refractivity contribution < 1.29 is 33.3 Å². The number of esters is 3. The van der Waals surface area contributed by atoms with Gasteiger partial charge in [0.25, 0.3) is 0 Å². The number of piperidine rings is 1. The first-order chi connectivity index (χ1) is 14.3. The van der Waals surface area contributed by atoms with Crippen molar-refractivity contribution in [3.63, 3.8) is 0 Å². The van der Waals surface area contributed by atoms with Gasteiger partial charge in [0.2, 0.25) is 0 Å². The number of benzene rings is 1. The SMILES string of the molecule is CCCCOc1ccc(CN2CC(OC(C)=O)C(OC(C)=O)C(OC(C)=O)C2)cc1. The van der Waals surface area contributed by atoms with Gasteiger partial charge in [-0.15, -0.1) is 0 Å². The van der Waals surface area contributed by atoms with Crippen molar-refractivity contribution in [2.75, 3.05) is 19.7 Å². The van der Waals surface area contributed by atoms with Gasteiger partial charge in [0, 0.05) is 40.4 Å². The minimum atomic E-state index is -0.846. The van der Waals surface area contributed by atoms with Crippen LogP contribution in [0, 0.1) is 0 Å². The summed E-state index contributed by atoms with van der Waals surface area (Å²) in [7, 11) is 0. The van der Waals surface area contributed by atoms with E-state index in [0.29, 0.717) is 26.2 Å². The van der Waals surface area contributed by atoms with Crippen LogP contribution in [-0.4, -0.2) is 60.8 Å². The summed E-state index contributed by atoms with van der Waals surface area (Å²) in [6.45, 7) is 7.92. The minimum absolute atomic E-state index is 0.351. The summed E-state index contributed by atoms with van der Waals surface area (Å²) in [4.78, 5) is 36.7. The number of rotatable bonds is 9. The third-order valence-corrected chi connectivity index (χ3v) is 4.64. The molecule has 1 aliphatic heterocycles. The third kappa shape index (κ3) is 7.67. The first-order valence-electron chi connectivity index (χ1n) is 10.2. The van der Waals surface area contributed by atoms with Crippen LogP contribution in [0.3, 0.4) is 0 Å². The van der Waals surface area contributed by atoms with Crippen LogP contribution in [0.4, 0.5) is 0 Å². The minimum Gasteiger partial charge on any atom is -0.494 e. The molecule has 0 spiro atoms. The molecule has 2 atom stereocenters. The number of carbonyl (C=O) groups is 3. The van der Waals surface area contributed by atoms with E-state index in [9.17, 15) is 14.4 Å². The van der Waals surface area contributed by atoms with Crippen molar-refractivity contribution in [1.29, 1.82) is 0 Å². The molecule has 0 aromatic heterocycles. The number of likely N-dealkylation sites (tertiary alicyclic amines) is 1. The van der Waals surface area contributed by atoms with E-state index in [-0.39, 0.29) is 0 Å². The maximum Gasteiger partial charge on any atom is 0.303 e. The van der Waals surface area contributed by atoms with E-state index in [0.717, 1.165) is 24.2 Å². The topological polar surface area (TPSA) is 91.4 Å². The number of carbonyl (C=O) groups excluding carboxylic acids is 3. The molecule has 1 saturated heterocycles. The van der Waals surface area contributed by atoms with Crippen molar-refractivity contribution in [3.8, 4) is 5.75 Å². The second kappa shape index (κ2) is 11.5. The highest BCUT2D eigenvalue weighted by atomic mass is 16.6. The van der Waals surface area contributed by atoms with Gasteiger partial charge in [0.05, 0.1) is 6.61 Å². The molecule has 0 aliphatic carbocycles. The highest BCUT2D eigenvalue weighted by molar-refractivity contribution is 5.68. The van der Waals surface area contributed by atoms with Gasteiger partial charge >= 0.3 is 17.9 Å². The molecule has 2 unspecified atom stereocenters. The highest BCUT2D eigenvalue weighted by Crippen LogP contribution is 2.23. The standard InChI is InChI=1S/C22H31NO7/c1-5-6-11-27-19-9-7-18(8-10-19)12-23-13-20(28-15(2)24)22(30-17(4)26)21(14-23)29-16(3)25/h7-10,20-22H,5-6,11-14H2,1-4H3.